The largest absolute Gasteiger partial charge is 0.497 e. The highest BCUT2D eigenvalue weighted by molar-refractivity contribution is 6.21. The van der Waals surface area contributed by atoms with Crippen LogP contribution in [-0.2, 0) is 0 Å². The Hall–Kier alpha value is -4.13. The molecule has 0 bridgehead atoms. The van der Waals surface area contributed by atoms with Gasteiger partial charge < -0.3 is 9.47 Å². The molecule has 7 heteroatoms. The molecule has 0 saturated heterocycles. The summed E-state index contributed by atoms with van der Waals surface area (Å²) < 4.78 is 85.0. The minimum absolute atomic E-state index is 0.0146. The predicted molar refractivity (Wildman–Crippen MR) is 125 cm³/mol. The van der Waals surface area contributed by atoms with E-state index in [0.29, 0.717) is 11.3 Å². The van der Waals surface area contributed by atoms with Crippen LogP contribution in [0.4, 0.5) is 22.0 Å². The molecular weight excluding hydrogens is 463 g/mol. The molecule has 176 valence electrons. The van der Waals surface area contributed by atoms with Gasteiger partial charge in [-0.05, 0) is 52.1 Å². The lowest BCUT2D eigenvalue weighted by Gasteiger charge is -2.19. The van der Waals surface area contributed by atoms with E-state index in [0.717, 1.165) is 24.3 Å². The zero-order valence-corrected chi connectivity index (χ0v) is 18.6. The van der Waals surface area contributed by atoms with Gasteiger partial charge in [-0.25, -0.2) is 22.0 Å². The summed E-state index contributed by atoms with van der Waals surface area (Å²) in [5.74, 6) is -4.56. The lowest BCUT2D eigenvalue weighted by atomic mass is 9.85. The number of hydrogen-bond donors (Lipinski definition) is 0. The van der Waals surface area contributed by atoms with E-state index in [-0.39, 0.29) is 38.4 Å². The minimum atomic E-state index is -1.20. The van der Waals surface area contributed by atoms with Gasteiger partial charge in [-0.1, -0.05) is 24.3 Å². The van der Waals surface area contributed by atoms with Gasteiger partial charge in [-0.3, -0.25) is 0 Å². The molecule has 0 atom stereocenters. The Morgan fingerprint density at radius 2 is 1.06 bits per heavy atom. The van der Waals surface area contributed by atoms with Crippen molar-refractivity contribution in [1.82, 2.24) is 0 Å². The van der Waals surface area contributed by atoms with Crippen molar-refractivity contribution in [1.29, 1.82) is 0 Å². The number of halogens is 5. The van der Waals surface area contributed by atoms with Crippen LogP contribution in [0.5, 0.6) is 11.5 Å². The highest BCUT2D eigenvalue weighted by Gasteiger charge is 2.25. The standard InChI is InChI=1S/C28H17F5O2/c1-34-15-8-6-14(7-9-15)25-18-12-21(30)22(31)13-19(18)26(17-4-3-5-20(29)27(17)25)28-23(32)10-16(35-2)11-24(28)33/h3-13H,1-2H3. The molecule has 0 spiro atoms. The molecule has 0 fully saturated rings. The van der Waals surface area contributed by atoms with Gasteiger partial charge in [0.1, 0.15) is 29.0 Å². The summed E-state index contributed by atoms with van der Waals surface area (Å²) in [7, 11) is 2.75. The maximum absolute atomic E-state index is 15.4. The Bertz CT molecular complexity index is 1590. The quantitative estimate of drug-likeness (QED) is 0.191. The third-order valence-electron chi connectivity index (χ3n) is 6.01. The van der Waals surface area contributed by atoms with Gasteiger partial charge in [0.2, 0.25) is 0 Å². The second-order valence-corrected chi connectivity index (χ2v) is 7.92. The Kier molecular flexibility index (Phi) is 5.55. The van der Waals surface area contributed by atoms with Gasteiger partial charge in [-0.2, -0.15) is 0 Å². The van der Waals surface area contributed by atoms with E-state index in [1.165, 1.54) is 32.4 Å². The van der Waals surface area contributed by atoms with E-state index < -0.39 is 34.6 Å². The Balaban J connectivity index is 2.02. The number of ether oxygens (including phenoxy) is 2. The average Bonchev–Trinajstić information content (AvgIpc) is 2.85. The molecule has 0 saturated carbocycles. The van der Waals surface area contributed by atoms with E-state index in [1.54, 1.807) is 24.3 Å². The summed E-state index contributed by atoms with van der Waals surface area (Å²) >= 11 is 0. The van der Waals surface area contributed by atoms with Crippen LogP contribution in [0.2, 0.25) is 0 Å². The highest BCUT2D eigenvalue weighted by atomic mass is 19.2. The van der Waals surface area contributed by atoms with Crippen molar-refractivity contribution in [3.63, 3.8) is 0 Å². The molecule has 0 N–H and O–H groups in total. The Morgan fingerprint density at radius 1 is 0.486 bits per heavy atom. The second-order valence-electron chi connectivity index (χ2n) is 7.92. The Morgan fingerprint density at radius 3 is 1.63 bits per heavy atom. The van der Waals surface area contributed by atoms with E-state index in [9.17, 15) is 8.78 Å². The number of fused-ring (bicyclic) bond motifs is 2. The van der Waals surface area contributed by atoms with Gasteiger partial charge in [0.15, 0.2) is 11.6 Å². The van der Waals surface area contributed by atoms with Crippen LogP contribution in [0.25, 0.3) is 43.8 Å². The summed E-state index contributed by atoms with van der Waals surface area (Å²) in [5.41, 5.74) is 0.147. The van der Waals surface area contributed by atoms with Gasteiger partial charge >= 0.3 is 0 Å². The van der Waals surface area contributed by atoms with Gasteiger partial charge in [0.05, 0.1) is 19.8 Å². The van der Waals surface area contributed by atoms with Crippen LogP contribution in [-0.4, -0.2) is 14.2 Å². The predicted octanol–water partition coefficient (Wildman–Crippen LogP) is 8.04. The van der Waals surface area contributed by atoms with Crippen molar-refractivity contribution in [2.75, 3.05) is 14.2 Å². The van der Waals surface area contributed by atoms with Crippen LogP contribution in [0.15, 0.2) is 66.7 Å². The Labute approximate surface area is 197 Å². The van der Waals surface area contributed by atoms with E-state index >= 15 is 13.2 Å². The topological polar surface area (TPSA) is 18.5 Å². The average molecular weight is 480 g/mol. The van der Waals surface area contributed by atoms with Gasteiger partial charge in [0.25, 0.3) is 0 Å². The number of hydrogen-bond acceptors (Lipinski definition) is 2. The normalized spacial score (nSPS) is 11.3. The first-order valence-electron chi connectivity index (χ1n) is 10.5. The smallest absolute Gasteiger partial charge is 0.159 e. The molecule has 0 amide bonds. The summed E-state index contributed by atoms with van der Waals surface area (Å²) in [6.45, 7) is 0. The van der Waals surface area contributed by atoms with Crippen LogP contribution in [0.3, 0.4) is 0 Å². The molecule has 2 nitrogen and oxygen atoms in total. The molecule has 0 aliphatic carbocycles. The third kappa shape index (κ3) is 3.64. The summed E-state index contributed by atoms with van der Waals surface area (Å²) in [5, 5.41) is 0.269. The molecule has 35 heavy (non-hydrogen) atoms. The van der Waals surface area contributed by atoms with Crippen molar-refractivity contribution >= 4 is 21.5 Å². The molecule has 0 radical (unpaired) electrons. The molecule has 0 aromatic heterocycles. The fraction of sp³-hybridized carbons (Fsp3) is 0.0714. The minimum Gasteiger partial charge on any atom is -0.497 e. The first-order valence-corrected chi connectivity index (χ1v) is 10.5. The second kappa shape index (κ2) is 8.58. The van der Waals surface area contributed by atoms with Crippen LogP contribution < -0.4 is 9.47 Å². The zero-order valence-electron chi connectivity index (χ0n) is 18.6. The van der Waals surface area contributed by atoms with Crippen LogP contribution in [0.1, 0.15) is 0 Å². The lowest BCUT2D eigenvalue weighted by molar-refractivity contribution is 0.407. The van der Waals surface area contributed by atoms with Gasteiger partial charge in [-0.15, -0.1) is 0 Å². The molecule has 0 heterocycles. The van der Waals surface area contributed by atoms with Gasteiger partial charge in [0, 0.05) is 28.6 Å². The van der Waals surface area contributed by atoms with Crippen LogP contribution >= 0.6 is 0 Å². The summed E-state index contributed by atoms with van der Waals surface area (Å²) in [6, 6.07) is 14.4. The molecular formula is C28H17F5O2. The summed E-state index contributed by atoms with van der Waals surface area (Å²) in [4.78, 5) is 0. The molecule has 0 aliphatic heterocycles. The molecule has 5 rings (SSSR count). The maximum Gasteiger partial charge on any atom is 0.159 e. The van der Waals surface area contributed by atoms with Crippen molar-refractivity contribution < 1.29 is 31.4 Å². The fourth-order valence-corrected chi connectivity index (χ4v) is 4.46. The third-order valence-corrected chi connectivity index (χ3v) is 6.01. The molecule has 5 aromatic carbocycles. The lowest BCUT2D eigenvalue weighted by Crippen LogP contribution is -1.99. The number of rotatable bonds is 4. The van der Waals surface area contributed by atoms with Crippen molar-refractivity contribution in [3.8, 4) is 33.8 Å². The number of methoxy groups -OCH3 is 2. The SMILES string of the molecule is COc1ccc(-c2c3cc(F)c(F)cc3c(-c3c(F)cc(OC)cc3F)c3cccc(F)c23)cc1. The first kappa shape index (κ1) is 22.7. The van der Waals surface area contributed by atoms with Crippen molar-refractivity contribution in [2.45, 2.75) is 0 Å². The molecule has 0 unspecified atom stereocenters. The number of benzene rings is 5. The summed E-state index contributed by atoms with van der Waals surface area (Å²) in [6.07, 6.45) is 0. The highest BCUT2D eigenvalue weighted by Crippen LogP contribution is 2.46. The first-order chi connectivity index (χ1) is 16.8. The van der Waals surface area contributed by atoms with Crippen molar-refractivity contribution in [2.24, 2.45) is 0 Å². The maximum atomic E-state index is 15.4. The zero-order chi connectivity index (χ0) is 24.9. The van der Waals surface area contributed by atoms with E-state index in [2.05, 4.69) is 0 Å². The molecule has 0 aliphatic rings. The van der Waals surface area contributed by atoms with Crippen molar-refractivity contribution in [3.05, 3.63) is 95.8 Å². The monoisotopic (exact) mass is 480 g/mol. The van der Waals surface area contributed by atoms with Crippen LogP contribution in [0, 0.1) is 29.1 Å². The van der Waals surface area contributed by atoms with E-state index in [4.69, 9.17) is 9.47 Å². The molecule has 5 aromatic rings. The van der Waals surface area contributed by atoms with E-state index in [1.807, 2.05) is 0 Å². The fourth-order valence-electron chi connectivity index (χ4n) is 4.46.